The molecule has 0 radical (unpaired) electrons. The standard InChI is InChI=1S/C16H18ClN3O.C9H6ClNO2/c17-12-2-1-3-13-11(12)8-14(18-13)16(21)19-15-9-20-6-4-10(15)5-7-20;10-6-2-1-3-7-5(6)4-8(11-7)9(12)13/h1-3,8,10,15,18H,4-7,9H2,(H,19,21);1-4,11H,(H,12,13). The Morgan fingerprint density at radius 1 is 0.912 bits per heavy atom. The molecule has 4 aromatic rings. The van der Waals surface area contributed by atoms with E-state index in [4.69, 9.17) is 28.3 Å². The van der Waals surface area contributed by atoms with Gasteiger partial charge in [-0.05, 0) is 68.2 Å². The first-order valence-corrected chi connectivity index (χ1v) is 12.0. The lowest BCUT2D eigenvalue weighted by atomic mass is 9.84. The Morgan fingerprint density at radius 3 is 1.97 bits per heavy atom. The van der Waals surface area contributed by atoms with E-state index in [-0.39, 0.29) is 17.6 Å². The van der Waals surface area contributed by atoms with Crippen LogP contribution in [0.25, 0.3) is 21.8 Å². The maximum Gasteiger partial charge on any atom is 0.352 e. The van der Waals surface area contributed by atoms with Gasteiger partial charge in [-0.15, -0.1) is 0 Å². The molecule has 3 aliphatic rings. The zero-order valence-electron chi connectivity index (χ0n) is 18.3. The van der Waals surface area contributed by atoms with Gasteiger partial charge in [0.05, 0.1) is 0 Å². The number of piperidine rings is 3. The number of rotatable bonds is 3. The average molecular weight is 499 g/mol. The zero-order chi connectivity index (χ0) is 23.8. The van der Waals surface area contributed by atoms with Crippen molar-refractivity contribution in [2.45, 2.75) is 18.9 Å². The molecule has 4 N–H and O–H groups in total. The van der Waals surface area contributed by atoms with Crippen LogP contribution in [-0.4, -0.2) is 57.5 Å². The van der Waals surface area contributed by atoms with E-state index in [0.29, 0.717) is 21.7 Å². The van der Waals surface area contributed by atoms with Gasteiger partial charge in [0.2, 0.25) is 0 Å². The number of hydrogen-bond acceptors (Lipinski definition) is 3. The van der Waals surface area contributed by atoms with Crippen molar-refractivity contribution in [1.82, 2.24) is 20.2 Å². The lowest BCUT2D eigenvalue weighted by molar-refractivity contribution is 0.0618. The maximum atomic E-state index is 12.5. The van der Waals surface area contributed by atoms with Crippen LogP contribution < -0.4 is 5.32 Å². The van der Waals surface area contributed by atoms with Gasteiger partial charge >= 0.3 is 5.97 Å². The number of aromatic nitrogens is 2. The summed E-state index contributed by atoms with van der Waals surface area (Å²) in [6, 6.07) is 14.6. The highest BCUT2D eigenvalue weighted by atomic mass is 35.5. The zero-order valence-corrected chi connectivity index (χ0v) is 19.8. The Hall–Kier alpha value is -3.00. The molecule has 2 aromatic heterocycles. The van der Waals surface area contributed by atoms with Crippen LogP contribution in [0.2, 0.25) is 10.0 Å². The minimum absolute atomic E-state index is 0.0268. The summed E-state index contributed by atoms with van der Waals surface area (Å²) in [6.45, 7) is 3.34. The van der Waals surface area contributed by atoms with E-state index in [1.807, 2.05) is 24.3 Å². The monoisotopic (exact) mass is 498 g/mol. The highest BCUT2D eigenvalue weighted by molar-refractivity contribution is 6.36. The van der Waals surface area contributed by atoms with Gasteiger partial charge in [0.15, 0.2) is 0 Å². The predicted octanol–water partition coefficient (Wildman–Crippen LogP) is 5.16. The van der Waals surface area contributed by atoms with Crippen molar-refractivity contribution in [3.8, 4) is 0 Å². The van der Waals surface area contributed by atoms with Gasteiger partial charge in [-0.1, -0.05) is 35.3 Å². The minimum Gasteiger partial charge on any atom is -0.477 e. The Morgan fingerprint density at radius 2 is 1.47 bits per heavy atom. The maximum absolute atomic E-state index is 12.5. The van der Waals surface area contributed by atoms with Crippen molar-refractivity contribution in [3.63, 3.8) is 0 Å². The van der Waals surface area contributed by atoms with E-state index in [9.17, 15) is 9.59 Å². The van der Waals surface area contributed by atoms with E-state index in [2.05, 4.69) is 20.2 Å². The number of nitrogens with one attached hydrogen (secondary N) is 3. The van der Waals surface area contributed by atoms with Crippen molar-refractivity contribution in [2.75, 3.05) is 19.6 Å². The van der Waals surface area contributed by atoms with Gasteiger partial charge in [-0.3, -0.25) is 4.79 Å². The van der Waals surface area contributed by atoms with Crippen molar-refractivity contribution >= 4 is 56.9 Å². The average Bonchev–Trinajstić information content (AvgIpc) is 3.47. The summed E-state index contributed by atoms with van der Waals surface area (Å²) in [7, 11) is 0. The molecular weight excluding hydrogens is 475 g/mol. The van der Waals surface area contributed by atoms with E-state index < -0.39 is 5.97 Å². The number of halogens is 2. The Balaban J connectivity index is 0.000000159. The van der Waals surface area contributed by atoms with Crippen LogP contribution in [0.3, 0.4) is 0 Å². The Bertz CT molecular complexity index is 1370. The highest BCUT2D eigenvalue weighted by Gasteiger charge is 2.35. The first-order chi connectivity index (χ1) is 16.4. The summed E-state index contributed by atoms with van der Waals surface area (Å²) in [5.41, 5.74) is 2.39. The molecule has 3 saturated heterocycles. The van der Waals surface area contributed by atoms with Gasteiger partial charge in [0.25, 0.3) is 5.91 Å². The fourth-order valence-electron chi connectivity index (χ4n) is 4.85. The van der Waals surface area contributed by atoms with Crippen LogP contribution in [0, 0.1) is 5.92 Å². The molecule has 1 atom stereocenters. The number of carboxylic acids is 1. The van der Waals surface area contributed by atoms with E-state index >= 15 is 0 Å². The van der Waals surface area contributed by atoms with Crippen LogP contribution >= 0.6 is 23.2 Å². The second-order valence-corrected chi connectivity index (χ2v) is 9.61. The lowest BCUT2D eigenvalue weighted by Gasteiger charge is -2.44. The molecule has 1 unspecified atom stereocenters. The molecule has 2 bridgehead atoms. The smallest absolute Gasteiger partial charge is 0.352 e. The lowest BCUT2D eigenvalue weighted by Crippen LogP contribution is -2.57. The second kappa shape index (κ2) is 9.33. The molecule has 0 spiro atoms. The SMILES string of the molecule is O=C(NC1CN2CCC1CC2)c1cc2c(Cl)cccc2[nH]1.O=C(O)c1cc2c(Cl)cccc2[nH]1. The third-order valence-electron chi connectivity index (χ3n) is 6.67. The third kappa shape index (κ3) is 4.51. The van der Waals surface area contributed by atoms with Crippen molar-refractivity contribution in [3.05, 3.63) is 70.0 Å². The topological polar surface area (TPSA) is 101 Å². The van der Waals surface area contributed by atoms with E-state index in [1.54, 1.807) is 18.2 Å². The molecule has 5 heterocycles. The van der Waals surface area contributed by atoms with Gasteiger partial charge in [-0.2, -0.15) is 0 Å². The number of hydrogen-bond donors (Lipinski definition) is 4. The molecule has 7 rings (SSSR count). The fourth-order valence-corrected chi connectivity index (χ4v) is 5.31. The molecule has 3 fully saturated rings. The molecule has 0 saturated carbocycles. The molecule has 2 aromatic carbocycles. The van der Waals surface area contributed by atoms with Gasteiger partial charge in [0.1, 0.15) is 11.4 Å². The third-order valence-corrected chi connectivity index (χ3v) is 7.33. The van der Waals surface area contributed by atoms with Crippen LogP contribution in [0.4, 0.5) is 0 Å². The molecule has 34 heavy (non-hydrogen) atoms. The number of fused-ring (bicyclic) bond motifs is 5. The normalized spacial score (nSPS) is 21.3. The second-order valence-electron chi connectivity index (χ2n) is 8.79. The van der Waals surface area contributed by atoms with Crippen LogP contribution in [0.1, 0.15) is 33.8 Å². The quantitative estimate of drug-likeness (QED) is 0.313. The molecule has 7 nitrogen and oxygen atoms in total. The number of carbonyl (C=O) groups is 2. The number of H-pyrrole nitrogens is 2. The van der Waals surface area contributed by atoms with Gasteiger partial charge < -0.3 is 25.3 Å². The summed E-state index contributed by atoms with van der Waals surface area (Å²) < 4.78 is 0. The number of carboxylic acid groups (broad SMARTS) is 1. The van der Waals surface area contributed by atoms with E-state index in [0.717, 1.165) is 28.4 Å². The summed E-state index contributed by atoms with van der Waals surface area (Å²) in [5, 5.41) is 14.8. The summed E-state index contributed by atoms with van der Waals surface area (Å²) in [6.07, 6.45) is 2.40. The van der Waals surface area contributed by atoms with Crippen molar-refractivity contribution in [1.29, 1.82) is 0 Å². The van der Waals surface area contributed by atoms with Gasteiger partial charge in [0, 0.05) is 44.4 Å². The number of nitrogens with zero attached hydrogens (tertiary/aromatic N) is 1. The summed E-state index contributed by atoms with van der Waals surface area (Å²) in [4.78, 5) is 31.4. The van der Waals surface area contributed by atoms with Crippen molar-refractivity contribution in [2.24, 2.45) is 5.92 Å². The minimum atomic E-state index is -0.979. The number of aromatic amines is 2. The van der Waals surface area contributed by atoms with E-state index in [1.165, 1.54) is 32.0 Å². The van der Waals surface area contributed by atoms with Gasteiger partial charge in [-0.25, -0.2) is 4.79 Å². The number of benzene rings is 2. The first-order valence-electron chi connectivity index (χ1n) is 11.2. The fraction of sp³-hybridized carbons (Fsp3) is 0.280. The predicted molar refractivity (Wildman–Crippen MR) is 134 cm³/mol. The molecule has 176 valence electrons. The first kappa shape index (κ1) is 22.8. The highest BCUT2D eigenvalue weighted by Crippen LogP contribution is 2.28. The molecule has 1 amide bonds. The Kier molecular flexibility index (Phi) is 6.25. The van der Waals surface area contributed by atoms with Crippen LogP contribution in [-0.2, 0) is 0 Å². The largest absolute Gasteiger partial charge is 0.477 e. The molecular formula is C25H24Cl2N4O3. The van der Waals surface area contributed by atoms with Crippen LogP contribution in [0.5, 0.6) is 0 Å². The molecule has 3 aliphatic heterocycles. The van der Waals surface area contributed by atoms with Crippen molar-refractivity contribution < 1.29 is 14.7 Å². The number of carbonyl (C=O) groups excluding carboxylic acids is 1. The Labute approximate surface area is 206 Å². The number of aromatic carboxylic acids is 1. The summed E-state index contributed by atoms with van der Waals surface area (Å²) in [5.74, 6) is -0.375. The number of amides is 1. The summed E-state index contributed by atoms with van der Waals surface area (Å²) >= 11 is 12.0. The molecule has 9 heteroatoms. The van der Waals surface area contributed by atoms with Crippen LogP contribution in [0.15, 0.2) is 48.5 Å². The molecule has 0 aliphatic carbocycles.